The molecule has 3 fully saturated rings. The van der Waals surface area contributed by atoms with Crippen LogP contribution >= 0.6 is 7.82 Å². The highest BCUT2D eigenvalue weighted by molar-refractivity contribution is 7.47. The average molecular weight is 1430 g/mol. The number of rotatable bonds is 60. The van der Waals surface area contributed by atoms with Crippen molar-refractivity contribution in [3.05, 3.63) is 12.2 Å². The van der Waals surface area contributed by atoms with E-state index in [1.54, 1.807) is 0 Å². The van der Waals surface area contributed by atoms with Crippen LogP contribution in [0.3, 0.4) is 0 Å². The first-order valence-corrected chi connectivity index (χ1v) is 40.0. The Kier molecular flexibility index (Phi) is 50.7. The summed E-state index contributed by atoms with van der Waals surface area (Å²) in [7, 11) is -5.69. The van der Waals surface area contributed by atoms with Crippen molar-refractivity contribution in [2.24, 2.45) is 0 Å². The molecule has 18 atom stereocenters. The summed E-state index contributed by atoms with van der Waals surface area (Å²) in [6.45, 7) is 3.45. The second-order valence-corrected chi connectivity index (χ2v) is 29.1. The maximum atomic E-state index is 14.3. The molecular weight excluding hydrogens is 1290 g/mol. The van der Waals surface area contributed by atoms with Gasteiger partial charge in [0, 0.05) is 19.3 Å². The molecule has 0 spiro atoms. The van der Waals surface area contributed by atoms with E-state index >= 15 is 0 Å². The highest BCUT2D eigenvalue weighted by atomic mass is 31.2. The lowest BCUT2D eigenvalue weighted by Crippen LogP contribution is -2.69. The summed E-state index contributed by atoms with van der Waals surface area (Å²) in [6, 6.07) is 0. The van der Waals surface area contributed by atoms with Crippen molar-refractivity contribution in [3.63, 3.8) is 0 Å². The number of esters is 3. The first kappa shape index (κ1) is 89.9. The molecule has 0 aromatic rings. The minimum absolute atomic E-state index is 0.0325. The van der Waals surface area contributed by atoms with Crippen LogP contribution in [0.4, 0.5) is 0 Å². The quantitative estimate of drug-likeness (QED) is 0.00886. The fourth-order valence-corrected chi connectivity index (χ4v) is 13.7. The molecule has 2 saturated heterocycles. The van der Waals surface area contributed by atoms with Crippen molar-refractivity contribution >= 4 is 25.7 Å². The number of aliphatic hydroxyl groups is 10. The fraction of sp³-hybridized carbons (Fsp3) is 0.932. The van der Waals surface area contributed by atoms with E-state index in [0.717, 1.165) is 116 Å². The maximum absolute atomic E-state index is 14.3. The normalized spacial score (nSPS) is 27.7. The van der Waals surface area contributed by atoms with Crippen LogP contribution in [-0.4, -0.2) is 204 Å². The molecule has 0 amide bonds. The zero-order valence-electron chi connectivity index (χ0n) is 60.1. The predicted molar refractivity (Wildman–Crippen MR) is 370 cm³/mol. The molecule has 576 valence electrons. The van der Waals surface area contributed by atoms with E-state index in [-0.39, 0.29) is 19.3 Å². The third kappa shape index (κ3) is 37.9. The first-order chi connectivity index (χ1) is 47.3. The number of phosphoric ester groups is 1. The lowest BCUT2D eigenvalue weighted by molar-refractivity contribution is -0.360. The van der Waals surface area contributed by atoms with E-state index in [2.05, 4.69) is 32.9 Å². The van der Waals surface area contributed by atoms with Gasteiger partial charge in [0.05, 0.1) is 13.2 Å². The Labute approximate surface area is 586 Å². The van der Waals surface area contributed by atoms with Crippen LogP contribution < -0.4 is 0 Å². The van der Waals surface area contributed by atoms with Gasteiger partial charge in [0.15, 0.2) is 18.7 Å². The Balaban J connectivity index is 1.73. The molecule has 98 heavy (non-hydrogen) atoms. The number of hydrogen-bond acceptors (Lipinski definition) is 23. The third-order valence-electron chi connectivity index (χ3n) is 19.0. The van der Waals surface area contributed by atoms with Gasteiger partial charge >= 0.3 is 25.7 Å². The van der Waals surface area contributed by atoms with Gasteiger partial charge in [-0.25, -0.2) is 4.57 Å². The summed E-state index contributed by atoms with van der Waals surface area (Å²) in [6.07, 6.45) is 14.1. The third-order valence-corrected chi connectivity index (χ3v) is 20.0. The zero-order valence-corrected chi connectivity index (χ0v) is 61.0. The smallest absolute Gasteiger partial charge is 0.463 e. The summed E-state index contributed by atoms with van der Waals surface area (Å²) < 4.78 is 65.1. The van der Waals surface area contributed by atoms with Crippen LogP contribution in [0, 0.1) is 0 Å². The largest absolute Gasteiger partial charge is 0.472 e. The molecule has 0 aromatic carbocycles. The molecule has 0 bridgehead atoms. The molecule has 1 saturated carbocycles. The van der Waals surface area contributed by atoms with E-state index in [4.69, 9.17) is 42.2 Å². The van der Waals surface area contributed by atoms with E-state index < -0.39 is 156 Å². The van der Waals surface area contributed by atoms with Crippen molar-refractivity contribution in [1.29, 1.82) is 0 Å². The zero-order chi connectivity index (χ0) is 71.8. The summed E-state index contributed by atoms with van der Waals surface area (Å²) in [5.74, 6) is -1.98. The van der Waals surface area contributed by atoms with Crippen LogP contribution in [0.5, 0.6) is 0 Å². The molecule has 18 unspecified atom stereocenters. The van der Waals surface area contributed by atoms with Crippen molar-refractivity contribution < 1.29 is 117 Å². The lowest BCUT2D eigenvalue weighted by atomic mass is 9.84. The van der Waals surface area contributed by atoms with Gasteiger partial charge in [-0.3, -0.25) is 23.4 Å². The maximum Gasteiger partial charge on any atom is 0.472 e. The minimum atomic E-state index is -5.69. The topological polar surface area (TPSA) is 374 Å². The van der Waals surface area contributed by atoms with E-state index in [1.807, 2.05) is 0 Å². The van der Waals surface area contributed by atoms with Gasteiger partial charge in [-0.1, -0.05) is 251 Å². The van der Waals surface area contributed by atoms with Crippen molar-refractivity contribution in [1.82, 2.24) is 0 Å². The summed E-state index contributed by atoms with van der Waals surface area (Å²) in [4.78, 5) is 51.0. The number of hydrogen-bond donors (Lipinski definition) is 11. The average Bonchev–Trinajstić information content (AvgIpc) is 0.763. The van der Waals surface area contributed by atoms with Crippen LogP contribution in [-0.2, 0) is 61.2 Å². The Morgan fingerprint density at radius 1 is 0.388 bits per heavy atom. The van der Waals surface area contributed by atoms with Crippen LogP contribution in [0.2, 0.25) is 0 Å². The van der Waals surface area contributed by atoms with Crippen LogP contribution in [0.25, 0.3) is 0 Å². The van der Waals surface area contributed by atoms with Gasteiger partial charge in [0.1, 0.15) is 98.7 Å². The summed E-state index contributed by atoms with van der Waals surface area (Å²) >= 11 is 0. The van der Waals surface area contributed by atoms with Crippen molar-refractivity contribution in [2.45, 2.75) is 407 Å². The monoisotopic (exact) mass is 1430 g/mol. The molecule has 1 aliphatic carbocycles. The van der Waals surface area contributed by atoms with Crippen LogP contribution in [0.15, 0.2) is 12.2 Å². The Morgan fingerprint density at radius 2 is 0.714 bits per heavy atom. The molecule has 2 aliphatic heterocycles. The second-order valence-electron chi connectivity index (χ2n) is 27.7. The molecular formula is C73H135O24P. The molecule has 3 rings (SSSR count). The molecule has 11 N–H and O–H groups in total. The second kappa shape index (κ2) is 55.2. The Bertz CT molecular complexity index is 2080. The van der Waals surface area contributed by atoms with E-state index in [0.29, 0.717) is 19.3 Å². The molecule has 0 aromatic heterocycles. The van der Waals surface area contributed by atoms with Crippen molar-refractivity contribution in [3.8, 4) is 0 Å². The molecule has 0 radical (unpaired) electrons. The highest BCUT2D eigenvalue weighted by Crippen LogP contribution is 2.49. The molecule has 3 aliphatic rings. The standard InChI is InChI=1S/C73H135O24P/c1-4-7-10-13-16-19-22-25-28-31-33-35-38-41-44-47-57(75)89-51-54(92-59(77)49-46-43-40-37-34-30-27-24-21-18-15-12-9-6-3)52-91-98(87,88)97-71-69(95-72-67(85)62(80)60(78)55(50-74)93-72)65(83)64(82)66(84)70(71)96-73-68(86)63(81)61(79)56(94-73)53-90-58(76)48-45-42-39-36-32-29-26-23-20-17-14-11-8-5-2/h19,22,54-56,60-74,78-86H,4-18,20-21,23-53H2,1-3H3,(H,87,88)/b22-19-. The SMILES string of the molecule is CCCCCC/C=C\CCCCCCCCCC(=O)OCC(COP(=O)(O)OC1C(OC2OC(CO)C(O)C(O)C2O)C(O)C(O)C(O)C1OC1OC(COC(=O)CCCCCCCCCCCCCCCC)C(O)C(O)C1O)OC(=O)CCCCCCCCCCCCCCCC. The number of ether oxygens (including phenoxy) is 7. The number of allylic oxidation sites excluding steroid dienone is 2. The number of phosphoric acid groups is 1. The van der Waals surface area contributed by atoms with Gasteiger partial charge in [-0.05, 0) is 44.9 Å². The summed E-state index contributed by atoms with van der Waals surface area (Å²) in [5, 5.41) is 110. The number of carbonyl (C=O) groups excluding carboxylic acids is 3. The number of carbonyl (C=O) groups is 3. The molecule has 2 heterocycles. The predicted octanol–water partition coefficient (Wildman–Crippen LogP) is 10.7. The number of aliphatic hydroxyl groups excluding tert-OH is 10. The van der Waals surface area contributed by atoms with Crippen LogP contribution in [0.1, 0.15) is 303 Å². The van der Waals surface area contributed by atoms with Gasteiger partial charge < -0.3 is 89.1 Å². The van der Waals surface area contributed by atoms with Gasteiger partial charge in [0.2, 0.25) is 0 Å². The van der Waals surface area contributed by atoms with E-state index in [1.165, 1.54) is 128 Å². The highest BCUT2D eigenvalue weighted by Gasteiger charge is 2.58. The first-order valence-electron chi connectivity index (χ1n) is 38.5. The Hall–Kier alpha value is -2.30. The fourth-order valence-electron chi connectivity index (χ4n) is 12.8. The van der Waals surface area contributed by atoms with Gasteiger partial charge in [-0.15, -0.1) is 0 Å². The van der Waals surface area contributed by atoms with Gasteiger partial charge in [0.25, 0.3) is 0 Å². The molecule has 24 nitrogen and oxygen atoms in total. The van der Waals surface area contributed by atoms with Crippen molar-refractivity contribution in [2.75, 3.05) is 26.4 Å². The summed E-state index contributed by atoms with van der Waals surface area (Å²) in [5.41, 5.74) is 0. The minimum Gasteiger partial charge on any atom is -0.463 e. The van der Waals surface area contributed by atoms with E-state index in [9.17, 15) is 74.9 Å². The molecule has 25 heteroatoms. The lowest BCUT2D eigenvalue weighted by Gasteiger charge is -2.49. The Morgan fingerprint density at radius 3 is 1.11 bits per heavy atom. The van der Waals surface area contributed by atoms with Gasteiger partial charge in [-0.2, -0.15) is 0 Å². The number of unbranched alkanes of at least 4 members (excludes halogenated alkanes) is 37.